The lowest BCUT2D eigenvalue weighted by Gasteiger charge is -2.20. The first kappa shape index (κ1) is 26.8. The van der Waals surface area contributed by atoms with Crippen LogP contribution < -0.4 is 4.13 Å². The molecule has 0 aliphatic carbocycles. The van der Waals surface area contributed by atoms with Gasteiger partial charge in [0.1, 0.15) is 0 Å². The Hall–Kier alpha value is -1.22. The maximum atomic E-state index is 11.5. The van der Waals surface area contributed by atoms with Gasteiger partial charge in [-0.1, -0.05) is 30.8 Å². The number of nitrogens with zero attached hydrogens (tertiary/aromatic N) is 2. The molecule has 0 aromatic heterocycles. The zero-order valence-electron chi connectivity index (χ0n) is 15.2. The number of sulfonamides is 2. The minimum Gasteiger partial charge on any atom is -0.359 e. The first-order valence-corrected chi connectivity index (χ1v) is 11.1. The smallest absolute Gasteiger partial charge is 0.359 e. The maximum Gasteiger partial charge on any atom is 0.512 e. The molecule has 168 valence electrons. The summed E-state index contributed by atoms with van der Waals surface area (Å²) in [5.41, 5.74) is -12.3. The molecule has 0 bridgehead atoms. The number of hydrogen-bond acceptors (Lipinski definition) is 6. The monoisotopic (exact) mass is 463 g/mol. The van der Waals surface area contributed by atoms with Crippen LogP contribution in [0.25, 0.3) is 0 Å². The Morgan fingerprint density at radius 3 is 1.36 bits per heavy atom. The van der Waals surface area contributed by atoms with E-state index >= 15 is 0 Å². The standard InChI is InChI=1S/C11H22N2.C2HF6NO4S2/c1-3-5-7-12-9-10-13(11-12)8-6-4-2;3-1(4,5)14(10,11)9-15(12,13)2(6,7)8/h9-10H,3-8,11H2,1-2H3;9H. The van der Waals surface area contributed by atoms with Crippen LogP contribution in [0.3, 0.4) is 0 Å². The first-order chi connectivity index (χ1) is 12.6. The van der Waals surface area contributed by atoms with Gasteiger partial charge in [-0.05, 0) is 12.8 Å². The number of unbranched alkanes of at least 4 members (excludes halogenated alkanes) is 2. The lowest BCUT2D eigenvalue weighted by molar-refractivity contribution is -0.0476. The largest absolute Gasteiger partial charge is 0.512 e. The minimum atomic E-state index is -6.60. The van der Waals surface area contributed by atoms with E-state index in [0.717, 1.165) is 6.67 Å². The van der Waals surface area contributed by atoms with Crippen molar-refractivity contribution < 1.29 is 43.2 Å². The van der Waals surface area contributed by atoms with Crippen molar-refractivity contribution in [1.29, 1.82) is 0 Å². The highest BCUT2D eigenvalue weighted by Crippen LogP contribution is 2.27. The number of alkyl halides is 6. The minimum absolute atomic E-state index is 0.493. The molecule has 7 nitrogen and oxygen atoms in total. The van der Waals surface area contributed by atoms with Crippen LogP contribution in [0.4, 0.5) is 26.3 Å². The van der Waals surface area contributed by atoms with Crippen molar-refractivity contribution in [1.82, 2.24) is 13.9 Å². The molecule has 0 saturated carbocycles. The van der Waals surface area contributed by atoms with Gasteiger partial charge >= 0.3 is 31.1 Å². The molecular formula is C13H23F6N3O4S2. The van der Waals surface area contributed by atoms with E-state index in [0.29, 0.717) is 0 Å². The summed E-state index contributed by atoms with van der Waals surface area (Å²) in [6.07, 6.45) is 9.66. The first-order valence-electron chi connectivity index (χ1n) is 8.15. The van der Waals surface area contributed by atoms with Gasteiger partial charge in [0.2, 0.25) is 0 Å². The van der Waals surface area contributed by atoms with Crippen molar-refractivity contribution in [2.24, 2.45) is 0 Å². The molecule has 0 aromatic carbocycles. The van der Waals surface area contributed by atoms with Crippen LogP contribution >= 0.6 is 0 Å². The van der Waals surface area contributed by atoms with Crippen molar-refractivity contribution in [2.45, 2.75) is 50.5 Å². The molecule has 1 heterocycles. The number of rotatable bonds is 8. The summed E-state index contributed by atoms with van der Waals surface area (Å²) >= 11 is 0. The lowest BCUT2D eigenvalue weighted by Crippen LogP contribution is -2.45. The van der Waals surface area contributed by atoms with E-state index in [1.807, 2.05) is 0 Å². The van der Waals surface area contributed by atoms with E-state index in [4.69, 9.17) is 0 Å². The highest BCUT2D eigenvalue weighted by molar-refractivity contribution is 8.05. The Kier molecular flexibility index (Phi) is 10.1. The third-order valence-electron chi connectivity index (χ3n) is 3.28. The fourth-order valence-electron chi connectivity index (χ4n) is 1.77. The number of nitrogens with one attached hydrogen (secondary N) is 1. The van der Waals surface area contributed by atoms with Gasteiger partial charge in [-0.3, -0.25) is 0 Å². The average Bonchev–Trinajstić information content (AvgIpc) is 2.96. The van der Waals surface area contributed by atoms with Gasteiger partial charge in [-0.25, -0.2) is 16.8 Å². The predicted octanol–water partition coefficient (Wildman–Crippen LogP) is 2.91. The van der Waals surface area contributed by atoms with Gasteiger partial charge in [0, 0.05) is 25.5 Å². The van der Waals surface area contributed by atoms with Crippen LogP contribution in [-0.2, 0) is 20.0 Å². The van der Waals surface area contributed by atoms with Crippen molar-refractivity contribution in [3.05, 3.63) is 12.4 Å². The molecule has 0 saturated heterocycles. The zero-order chi connectivity index (χ0) is 22.2. The lowest BCUT2D eigenvalue weighted by atomic mass is 10.3. The summed E-state index contributed by atoms with van der Waals surface area (Å²) in [5.74, 6) is 0. The van der Waals surface area contributed by atoms with E-state index in [2.05, 4.69) is 36.0 Å². The Balaban J connectivity index is 0.000000525. The molecule has 1 aliphatic heterocycles. The van der Waals surface area contributed by atoms with E-state index in [-0.39, 0.29) is 0 Å². The molecule has 0 fully saturated rings. The van der Waals surface area contributed by atoms with Crippen LogP contribution in [0.15, 0.2) is 12.4 Å². The van der Waals surface area contributed by atoms with Crippen LogP contribution in [0.5, 0.6) is 0 Å². The summed E-state index contributed by atoms with van der Waals surface area (Å²) in [4.78, 5) is 4.80. The molecule has 1 rings (SSSR count). The highest BCUT2D eigenvalue weighted by Gasteiger charge is 2.55. The van der Waals surface area contributed by atoms with E-state index < -0.39 is 35.2 Å². The SMILES string of the molecule is CCCCN1C=CN(CCCC)C1.O=S(=O)(NS(=O)(=O)C(F)(F)F)C(F)(F)F. The van der Waals surface area contributed by atoms with Crippen LogP contribution in [0.1, 0.15) is 39.5 Å². The molecule has 0 atom stereocenters. The highest BCUT2D eigenvalue weighted by atomic mass is 32.3. The number of hydrogen-bond donors (Lipinski definition) is 1. The Morgan fingerprint density at radius 1 is 0.786 bits per heavy atom. The van der Waals surface area contributed by atoms with Crippen LogP contribution in [0.2, 0.25) is 0 Å². The van der Waals surface area contributed by atoms with Crippen molar-refractivity contribution in [3.8, 4) is 0 Å². The molecule has 0 spiro atoms. The van der Waals surface area contributed by atoms with E-state index in [1.165, 1.54) is 38.8 Å². The molecule has 0 amide bonds. The molecule has 15 heteroatoms. The second kappa shape index (κ2) is 10.5. The third-order valence-corrected chi connectivity index (χ3v) is 6.25. The fraction of sp³-hybridized carbons (Fsp3) is 0.846. The number of halogens is 6. The van der Waals surface area contributed by atoms with Gasteiger partial charge in [0.25, 0.3) is 0 Å². The molecule has 0 unspecified atom stereocenters. The second-order valence-corrected chi connectivity index (χ2v) is 9.36. The molecule has 1 aliphatic rings. The van der Waals surface area contributed by atoms with Crippen molar-refractivity contribution in [2.75, 3.05) is 19.8 Å². The summed E-state index contributed by atoms with van der Waals surface area (Å²) in [6.45, 7) is 8.04. The predicted molar refractivity (Wildman–Crippen MR) is 90.3 cm³/mol. The Labute approximate surface area is 160 Å². The summed E-state index contributed by atoms with van der Waals surface area (Å²) in [5, 5.41) is 0. The normalized spacial score (nSPS) is 15.6. The molecule has 0 aromatic rings. The van der Waals surface area contributed by atoms with Gasteiger partial charge < -0.3 is 9.80 Å². The molecule has 0 radical (unpaired) electrons. The second-order valence-electron chi connectivity index (χ2n) is 5.75. The van der Waals surface area contributed by atoms with Crippen molar-refractivity contribution >= 4 is 20.0 Å². The van der Waals surface area contributed by atoms with Gasteiger partial charge in [-0.2, -0.15) is 26.3 Å². The molecular weight excluding hydrogens is 440 g/mol. The zero-order valence-corrected chi connectivity index (χ0v) is 16.8. The van der Waals surface area contributed by atoms with Crippen LogP contribution in [-0.4, -0.2) is 57.4 Å². The Bertz CT molecular complexity index is 647. The molecule has 28 heavy (non-hydrogen) atoms. The third kappa shape index (κ3) is 8.86. The van der Waals surface area contributed by atoms with E-state index in [1.54, 1.807) is 0 Å². The summed E-state index contributed by atoms with van der Waals surface area (Å²) in [6, 6.07) is 0. The quantitative estimate of drug-likeness (QED) is 0.557. The Morgan fingerprint density at radius 2 is 1.11 bits per heavy atom. The van der Waals surface area contributed by atoms with Crippen molar-refractivity contribution in [3.63, 3.8) is 0 Å². The maximum absolute atomic E-state index is 11.5. The summed E-state index contributed by atoms with van der Waals surface area (Å²) in [7, 11) is -13.2. The van der Waals surface area contributed by atoms with Gasteiger partial charge in [0.05, 0.1) is 6.67 Å². The summed E-state index contributed by atoms with van der Waals surface area (Å²) < 4.78 is 108. The van der Waals surface area contributed by atoms with Crippen LogP contribution in [0, 0.1) is 0 Å². The fourth-order valence-corrected chi connectivity index (χ4v) is 3.68. The van der Waals surface area contributed by atoms with Gasteiger partial charge in [0.15, 0.2) is 0 Å². The topological polar surface area (TPSA) is 86.8 Å². The van der Waals surface area contributed by atoms with E-state index in [9.17, 15) is 43.2 Å². The van der Waals surface area contributed by atoms with Gasteiger partial charge in [-0.15, -0.1) is 0 Å². The average molecular weight is 463 g/mol. The molecule has 1 N–H and O–H groups in total.